The number of hydrogen-bond donors (Lipinski definition) is 1. The van der Waals surface area contributed by atoms with Gasteiger partial charge in [-0.05, 0) is 32.2 Å². The third kappa shape index (κ3) is 3.68. The van der Waals surface area contributed by atoms with E-state index in [0.29, 0.717) is 19.6 Å². The topological polar surface area (TPSA) is 52.7 Å². The zero-order chi connectivity index (χ0) is 13.7. The Morgan fingerprint density at radius 3 is 2.68 bits per heavy atom. The molecular formula is C13H27N3O2S. The minimum atomic E-state index is -3.27. The zero-order valence-corrected chi connectivity index (χ0v) is 12.8. The molecule has 112 valence electrons. The van der Waals surface area contributed by atoms with Crippen LogP contribution in [0.4, 0.5) is 0 Å². The van der Waals surface area contributed by atoms with Crippen molar-refractivity contribution >= 4 is 10.2 Å². The van der Waals surface area contributed by atoms with Crippen LogP contribution in [0.25, 0.3) is 0 Å². The molecule has 0 amide bonds. The number of hydrogen-bond acceptors (Lipinski definition) is 3. The molecule has 2 aliphatic rings. The molecule has 5 nitrogen and oxygen atoms in total. The molecule has 2 saturated heterocycles. The Bertz CT molecular complexity index is 364. The van der Waals surface area contributed by atoms with Gasteiger partial charge in [-0.25, -0.2) is 0 Å². The van der Waals surface area contributed by atoms with E-state index in [4.69, 9.17) is 0 Å². The second-order valence-corrected chi connectivity index (χ2v) is 7.41. The van der Waals surface area contributed by atoms with E-state index >= 15 is 0 Å². The maximum absolute atomic E-state index is 12.8. The van der Waals surface area contributed by atoms with Gasteiger partial charge in [-0.3, -0.25) is 0 Å². The Kier molecular flexibility index (Phi) is 5.62. The summed E-state index contributed by atoms with van der Waals surface area (Å²) < 4.78 is 29.1. The van der Waals surface area contributed by atoms with Gasteiger partial charge in [0.25, 0.3) is 10.2 Å². The van der Waals surface area contributed by atoms with Gasteiger partial charge in [-0.1, -0.05) is 19.8 Å². The molecule has 1 unspecified atom stereocenters. The van der Waals surface area contributed by atoms with Crippen molar-refractivity contribution in [2.75, 3.05) is 32.7 Å². The van der Waals surface area contributed by atoms with Crippen LogP contribution in [0.15, 0.2) is 0 Å². The van der Waals surface area contributed by atoms with Crippen LogP contribution in [0.2, 0.25) is 0 Å². The van der Waals surface area contributed by atoms with Crippen LogP contribution < -0.4 is 5.32 Å². The van der Waals surface area contributed by atoms with Gasteiger partial charge in [0.15, 0.2) is 0 Å². The first kappa shape index (κ1) is 15.2. The standard InChI is InChI=1S/C13H27N3O2S/c1-2-13-7-4-3-5-11-16(13)19(17,18)15-10-6-8-14-9-12-15/h13-14H,2-12H2,1H3. The van der Waals surface area contributed by atoms with Gasteiger partial charge >= 0.3 is 0 Å². The van der Waals surface area contributed by atoms with Gasteiger partial charge in [-0.2, -0.15) is 17.0 Å². The van der Waals surface area contributed by atoms with Crippen LogP contribution in [0.1, 0.15) is 45.4 Å². The van der Waals surface area contributed by atoms with E-state index in [2.05, 4.69) is 12.2 Å². The molecule has 2 heterocycles. The lowest BCUT2D eigenvalue weighted by molar-refractivity contribution is 0.282. The van der Waals surface area contributed by atoms with Gasteiger partial charge in [0.2, 0.25) is 0 Å². The first-order valence-electron chi connectivity index (χ1n) is 7.64. The molecule has 2 aliphatic heterocycles. The minimum absolute atomic E-state index is 0.198. The minimum Gasteiger partial charge on any atom is -0.315 e. The summed E-state index contributed by atoms with van der Waals surface area (Å²) in [6.07, 6.45) is 6.16. The van der Waals surface area contributed by atoms with E-state index in [1.54, 1.807) is 8.61 Å². The molecule has 1 N–H and O–H groups in total. The van der Waals surface area contributed by atoms with E-state index in [1.807, 2.05) is 0 Å². The van der Waals surface area contributed by atoms with Crippen molar-refractivity contribution in [3.8, 4) is 0 Å². The summed E-state index contributed by atoms with van der Waals surface area (Å²) in [7, 11) is -3.27. The van der Waals surface area contributed by atoms with E-state index in [1.165, 1.54) is 0 Å². The predicted molar refractivity (Wildman–Crippen MR) is 77.2 cm³/mol. The molecule has 2 fully saturated rings. The van der Waals surface area contributed by atoms with Crippen molar-refractivity contribution in [1.82, 2.24) is 13.9 Å². The molecule has 2 rings (SSSR count). The lowest BCUT2D eigenvalue weighted by atomic mass is 10.1. The van der Waals surface area contributed by atoms with E-state index in [9.17, 15) is 8.42 Å². The van der Waals surface area contributed by atoms with E-state index < -0.39 is 10.2 Å². The van der Waals surface area contributed by atoms with Crippen molar-refractivity contribution in [3.63, 3.8) is 0 Å². The molecule has 0 aromatic heterocycles. The smallest absolute Gasteiger partial charge is 0.282 e. The summed E-state index contributed by atoms with van der Waals surface area (Å²) in [5.74, 6) is 0. The number of nitrogens with zero attached hydrogens (tertiary/aromatic N) is 2. The van der Waals surface area contributed by atoms with Crippen molar-refractivity contribution in [1.29, 1.82) is 0 Å². The van der Waals surface area contributed by atoms with Crippen molar-refractivity contribution in [2.24, 2.45) is 0 Å². The molecule has 0 aliphatic carbocycles. The molecule has 0 radical (unpaired) electrons. The summed E-state index contributed by atoms with van der Waals surface area (Å²) in [5.41, 5.74) is 0. The van der Waals surface area contributed by atoms with Crippen molar-refractivity contribution in [2.45, 2.75) is 51.5 Å². The van der Waals surface area contributed by atoms with Crippen LogP contribution in [0.3, 0.4) is 0 Å². The highest BCUT2D eigenvalue weighted by molar-refractivity contribution is 7.86. The second-order valence-electron chi connectivity index (χ2n) is 5.53. The highest BCUT2D eigenvalue weighted by Crippen LogP contribution is 2.24. The third-order valence-corrected chi connectivity index (χ3v) is 6.31. The van der Waals surface area contributed by atoms with Crippen molar-refractivity contribution in [3.05, 3.63) is 0 Å². The van der Waals surface area contributed by atoms with Gasteiger partial charge in [0.1, 0.15) is 0 Å². The van der Waals surface area contributed by atoms with Crippen molar-refractivity contribution < 1.29 is 8.42 Å². The monoisotopic (exact) mass is 289 g/mol. The highest BCUT2D eigenvalue weighted by atomic mass is 32.2. The maximum atomic E-state index is 12.8. The lowest BCUT2D eigenvalue weighted by Crippen LogP contribution is -2.49. The normalized spacial score (nSPS) is 28.8. The Labute approximate surface area is 117 Å². The largest absolute Gasteiger partial charge is 0.315 e. The molecule has 0 spiro atoms. The van der Waals surface area contributed by atoms with Gasteiger partial charge < -0.3 is 5.32 Å². The molecule has 0 saturated carbocycles. The first-order chi connectivity index (χ1) is 9.16. The van der Waals surface area contributed by atoms with Crippen LogP contribution in [-0.2, 0) is 10.2 Å². The average molecular weight is 289 g/mol. The Morgan fingerprint density at radius 2 is 1.89 bits per heavy atom. The highest BCUT2D eigenvalue weighted by Gasteiger charge is 2.34. The molecule has 6 heteroatoms. The van der Waals surface area contributed by atoms with E-state index in [0.717, 1.165) is 51.6 Å². The zero-order valence-electron chi connectivity index (χ0n) is 12.0. The maximum Gasteiger partial charge on any atom is 0.282 e. The summed E-state index contributed by atoms with van der Waals surface area (Å²) in [5, 5.41) is 3.27. The van der Waals surface area contributed by atoms with Gasteiger partial charge in [0.05, 0.1) is 0 Å². The summed E-state index contributed by atoms with van der Waals surface area (Å²) >= 11 is 0. The summed E-state index contributed by atoms with van der Waals surface area (Å²) in [4.78, 5) is 0. The number of nitrogens with one attached hydrogen (secondary N) is 1. The predicted octanol–water partition coefficient (Wildman–Crippen LogP) is 1.18. The summed E-state index contributed by atoms with van der Waals surface area (Å²) in [6.45, 7) is 5.75. The molecule has 0 bridgehead atoms. The summed E-state index contributed by atoms with van der Waals surface area (Å²) in [6, 6.07) is 0.198. The van der Waals surface area contributed by atoms with Crippen LogP contribution in [-0.4, -0.2) is 55.8 Å². The van der Waals surface area contributed by atoms with Crippen LogP contribution in [0.5, 0.6) is 0 Å². The third-order valence-electron chi connectivity index (χ3n) is 4.22. The fourth-order valence-electron chi connectivity index (χ4n) is 3.06. The Morgan fingerprint density at radius 1 is 1.05 bits per heavy atom. The van der Waals surface area contributed by atoms with Gasteiger partial charge in [-0.15, -0.1) is 0 Å². The lowest BCUT2D eigenvalue weighted by Gasteiger charge is -2.33. The first-order valence-corrected chi connectivity index (χ1v) is 9.03. The molecule has 1 atom stereocenters. The number of rotatable bonds is 3. The molecule has 19 heavy (non-hydrogen) atoms. The Balaban J connectivity index is 2.14. The Hall–Kier alpha value is -0.170. The molecular weight excluding hydrogens is 262 g/mol. The molecule has 0 aromatic rings. The van der Waals surface area contributed by atoms with Crippen LogP contribution >= 0.6 is 0 Å². The fraction of sp³-hybridized carbons (Fsp3) is 1.00. The average Bonchev–Trinajstić information content (AvgIpc) is 2.81. The van der Waals surface area contributed by atoms with Gasteiger partial charge in [0, 0.05) is 32.2 Å². The fourth-order valence-corrected chi connectivity index (χ4v) is 5.03. The molecule has 0 aromatic carbocycles. The quantitative estimate of drug-likeness (QED) is 0.849. The SMILES string of the molecule is CCC1CCCCCN1S(=O)(=O)N1CCCNCC1. The van der Waals surface area contributed by atoms with E-state index in [-0.39, 0.29) is 6.04 Å². The second kappa shape index (κ2) is 7.02. The van der Waals surface area contributed by atoms with Crippen LogP contribution in [0, 0.1) is 0 Å².